The van der Waals surface area contributed by atoms with E-state index < -0.39 is 10.0 Å². The van der Waals surface area contributed by atoms with Crippen molar-refractivity contribution in [2.75, 3.05) is 16.6 Å². The van der Waals surface area contributed by atoms with Crippen LogP contribution in [-0.2, 0) is 10.0 Å². The van der Waals surface area contributed by atoms with Crippen LogP contribution in [0.1, 0.15) is 55.1 Å². The van der Waals surface area contributed by atoms with E-state index in [-0.39, 0.29) is 16.6 Å². The summed E-state index contributed by atoms with van der Waals surface area (Å²) in [6.07, 6.45) is 5.87. The quantitative estimate of drug-likeness (QED) is 0.343. The van der Waals surface area contributed by atoms with Gasteiger partial charge in [0.2, 0.25) is 0 Å². The molecule has 2 aromatic carbocycles. The fourth-order valence-corrected chi connectivity index (χ4v) is 4.11. The Bertz CT molecular complexity index is 1140. The summed E-state index contributed by atoms with van der Waals surface area (Å²) in [5.41, 5.74) is 0.952. The molecule has 33 heavy (non-hydrogen) atoms. The van der Waals surface area contributed by atoms with E-state index in [1.165, 1.54) is 49.6 Å². The van der Waals surface area contributed by atoms with Gasteiger partial charge in [0.25, 0.3) is 15.9 Å². The van der Waals surface area contributed by atoms with Crippen molar-refractivity contribution in [1.29, 1.82) is 0 Å². The van der Waals surface area contributed by atoms with Crippen molar-refractivity contribution in [3.05, 3.63) is 65.9 Å². The number of aryl methyl sites for hydroxylation is 1. The first-order valence-corrected chi connectivity index (χ1v) is 12.5. The van der Waals surface area contributed by atoms with Crippen LogP contribution in [0.15, 0.2) is 64.0 Å². The lowest BCUT2D eigenvalue weighted by molar-refractivity contribution is 0.102. The van der Waals surface area contributed by atoms with Crippen molar-refractivity contribution in [1.82, 2.24) is 5.16 Å². The summed E-state index contributed by atoms with van der Waals surface area (Å²) in [5, 5.41) is 6.38. The molecule has 0 unspecified atom stereocenters. The van der Waals surface area contributed by atoms with Gasteiger partial charge in [-0.05, 0) is 61.9 Å². The summed E-state index contributed by atoms with van der Waals surface area (Å²) >= 11 is 0. The van der Waals surface area contributed by atoms with Gasteiger partial charge in [0.05, 0.1) is 11.5 Å². The number of benzene rings is 2. The Morgan fingerprint density at radius 1 is 1.00 bits per heavy atom. The summed E-state index contributed by atoms with van der Waals surface area (Å²) < 4.78 is 37.8. The van der Waals surface area contributed by atoms with Gasteiger partial charge < -0.3 is 14.6 Å². The highest BCUT2D eigenvalue weighted by Crippen LogP contribution is 2.19. The highest BCUT2D eigenvalue weighted by Gasteiger charge is 2.16. The van der Waals surface area contributed by atoms with Crippen LogP contribution in [0, 0.1) is 6.92 Å². The highest BCUT2D eigenvalue weighted by molar-refractivity contribution is 7.92. The van der Waals surface area contributed by atoms with Crippen molar-refractivity contribution < 1.29 is 22.5 Å². The zero-order chi connectivity index (χ0) is 23.7. The number of unbranched alkanes of at least 4 members (excludes halogenated alkanes) is 4. The van der Waals surface area contributed by atoms with Gasteiger partial charge in [-0.15, -0.1) is 0 Å². The monoisotopic (exact) mass is 471 g/mol. The van der Waals surface area contributed by atoms with Crippen molar-refractivity contribution in [3.8, 4) is 5.75 Å². The molecule has 0 saturated heterocycles. The summed E-state index contributed by atoms with van der Waals surface area (Å²) in [5.74, 6) is 1.03. The number of carbonyl (C=O) groups excluding carboxylic acids is 1. The molecular weight excluding hydrogens is 442 g/mol. The minimum atomic E-state index is -3.82. The second kappa shape index (κ2) is 11.5. The maximum Gasteiger partial charge on any atom is 0.263 e. The van der Waals surface area contributed by atoms with Crippen molar-refractivity contribution in [2.24, 2.45) is 0 Å². The van der Waals surface area contributed by atoms with Crippen molar-refractivity contribution in [2.45, 2.75) is 50.8 Å². The van der Waals surface area contributed by atoms with Crippen molar-refractivity contribution >= 4 is 27.4 Å². The molecular formula is C24H29N3O5S. The van der Waals surface area contributed by atoms with Crippen LogP contribution in [0.4, 0.5) is 11.5 Å². The first-order valence-electron chi connectivity index (χ1n) is 11.0. The maximum atomic E-state index is 12.5. The van der Waals surface area contributed by atoms with Gasteiger partial charge in [0.15, 0.2) is 5.82 Å². The number of nitrogens with one attached hydrogen (secondary N) is 2. The molecule has 0 radical (unpaired) electrons. The lowest BCUT2D eigenvalue weighted by Gasteiger charge is -2.09. The summed E-state index contributed by atoms with van der Waals surface area (Å²) in [6, 6.07) is 14.3. The molecule has 1 amide bonds. The number of hydrogen-bond donors (Lipinski definition) is 2. The van der Waals surface area contributed by atoms with Crippen molar-refractivity contribution in [3.63, 3.8) is 0 Å². The van der Waals surface area contributed by atoms with E-state index in [2.05, 4.69) is 22.1 Å². The van der Waals surface area contributed by atoms with Crippen LogP contribution >= 0.6 is 0 Å². The number of rotatable bonds is 12. The molecule has 0 aliphatic rings. The summed E-state index contributed by atoms with van der Waals surface area (Å²) in [4.78, 5) is 12.5. The van der Waals surface area contributed by atoms with Gasteiger partial charge in [-0.2, -0.15) is 0 Å². The number of hydrogen-bond acceptors (Lipinski definition) is 6. The molecule has 8 nitrogen and oxygen atoms in total. The molecule has 176 valence electrons. The Morgan fingerprint density at radius 2 is 1.70 bits per heavy atom. The van der Waals surface area contributed by atoms with Crippen LogP contribution in [0.5, 0.6) is 5.75 Å². The third-order valence-corrected chi connectivity index (χ3v) is 6.29. The third kappa shape index (κ3) is 7.35. The molecule has 0 bridgehead atoms. The van der Waals surface area contributed by atoms with E-state index in [0.717, 1.165) is 18.6 Å². The lowest BCUT2D eigenvalue weighted by atomic mass is 10.1. The second-order valence-corrected chi connectivity index (χ2v) is 9.38. The van der Waals surface area contributed by atoms with E-state index in [9.17, 15) is 13.2 Å². The zero-order valence-electron chi connectivity index (χ0n) is 18.8. The number of amides is 1. The zero-order valence-corrected chi connectivity index (χ0v) is 19.7. The largest absolute Gasteiger partial charge is 0.494 e. The van der Waals surface area contributed by atoms with E-state index in [1.54, 1.807) is 31.2 Å². The van der Waals surface area contributed by atoms with Gasteiger partial charge in [0.1, 0.15) is 11.5 Å². The Hall–Kier alpha value is -3.33. The lowest BCUT2D eigenvalue weighted by Crippen LogP contribution is -2.14. The Morgan fingerprint density at radius 3 is 2.33 bits per heavy atom. The minimum absolute atomic E-state index is 0.0392. The Balaban J connectivity index is 1.51. The maximum absolute atomic E-state index is 12.5. The molecule has 0 aliphatic heterocycles. The van der Waals surface area contributed by atoms with Gasteiger partial charge >= 0.3 is 0 Å². The standard InChI is InChI=1S/C24H29N3O5S/c1-3-4-5-6-7-16-31-21-12-8-19(9-13-21)24(28)25-20-10-14-22(15-11-20)33(29,30)27-23-17-18(2)32-26-23/h8-15,17H,3-7,16H2,1-2H3,(H,25,28)(H,26,27). The first kappa shape index (κ1) is 24.3. The smallest absolute Gasteiger partial charge is 0.263 e. The number of ether oxygens (including phenoxy) is 1. The number of carbonyl (C=O) groups is 1. The molecule has 3 aromatic rings. The van der Waals surface area contributed by atoms with Gasteiger partial charge in [0, 0.05) is 17.3 Å². The molecule has 1 aromatic heterocycles. The molecule has 2 N–H and O–H groups in total. The molecule has 0 spiro atoms. The number of nitrogens with zero attached hydrogens (tertiary/aromatic N) is 1. The van der Waals surface area contributed by atoms with Crippen LogP contribution in [-0.4, -0.2) is 26.1 Å². The van der Waals surface area contributed by atoms with E-state index in [1.807, 2.05) is 0 Å². The fourth-order valence-electron chi connectivity index (χ4n) is 3.13. The fraction of sp³-hybridized carbons (Fsp3) is 0.333. The molecule has 0 aliphatic carbocycles. The third-order valence-electron chi connectivity index (χ3n) is 4.92. The molecule has 0 saturated carbocycles. The van der Waals surface area contributed by atoms with Gasteiger partial charge in [-0.3, -0.25) is 9.52 Å². The number of anilines is 2. The Kier molecular flexibility index (Phi) is 8.48. The Labute approximate surface area is 194 Å². The number of aromatic nitrogens is 1. The molecule has 1 heterocycles. The number of sulfonamides is 1. The average molecular weight is 472 g/mol. The average Bonchev–Trinajstić information content (AvgIpc) is 3.20. The van der Waals surface area contributed by atoms with Crippen LogP contribution < -0.4 is 14.8 Å². The minimum Gasteiger partial charge on any atom is -0.494 e. The first-order chi connectivity index (χ1) is 15.9. The van der Waals surface area contributed by atoms with Crippen LogP contribution in [0.2, 0.25) is 0 Å². The van der Waals surface area contributed by atoms with Crippen LogP contribution in [0.3, 0.4) is 0 Å². The predicted octanol–water partition coefficient (Wildman–Crippen LogP) is 5.39. The summed E-state index contributed by atoms with van der Waals surface area (Å²) in [7, 11) is -3.82. The van der Waals surface area contributed by atoms with Crippen LogP contribution in [0.25, 0.3) is 0 Å². The van der Waals surface area contributed by atoms with Gasteiger partial charge in [-0.25, -0.2) is 8.42 Å². The predicted molar refractivity (Wildman–Crippen MR) is 127 cm³/mol. The molecule has 0 atom stereocenters. The molecule has 0 fully saturated rings. The highest BCUT2D eigenvalue weighted by atomic mass is 32.2. The van der Waals surface area contributed by atoms with E-state index >= 15 is 0 Å². The molecule has 9 heteroatoms. The van der Waals surface area contributed by atoms with E-state index in [0.29, 0.717) is 23.6 Å². The normalized spacial score (nSPS) is 11.2. The SMILES string of the molecule is CCCCCCCOc1ccc(C(=O)Nc2ccc(S(=O)(=O)Nc3cc(C)on3)cc2)cc1. The topological polar surface area (TPSA) is 111 Å². The second-order valence-electron chi connectivity index (χ2n) is 7.69. The molecule has 3 rings (SSSR count). The van der Waals surface area contributed by atoms with E-state index in [4.69, 9.17) is 9.26 Å². The van der Waals surface area contributed by atoms with Gasteiger partial charge in [-0.1, -0.05) is 37.8 Å². The summed E-state index contributed by atoms with van der Waals surface area (Å²) in [6.45, 7) is 4.52.